The first-order chi connectivity index (χ1) is 13.2. The molecule has 5 rings (SSSR count). The van der Waals surface area contributed by atoms with Crippen molar-refractivity contribution in [2.75, 3.05) is 0 Å². The smallest absolute Gasteiger partial charge is 0.127 e. The van der Waals surface area contributed by atoms with E-state index in [0.717, 1.165) is 22.8 Å². The number of ether oxygens (including phenoxy) is 1. The fraction of sp³-hybridized carbons (Fsp3) is 0.120. The highest BCUT2D eigenvalue weighted by molar-refractivity contribution is 6.30. The van der Waals surface area contributed by atoms with Crippen LogP contribution in [0.4, 0.5) is 0 Å². The van der Waals surface area contributed by atoms with Gasteiger partial charge in [0.15, 0.2) is 0 Å². The van der Waals surface area contributed by atoms with Gasteiger partial charge in [-0.3, -0.25) is 0 Å². The molecule has 0 aliphatic carbocycles. The van der Waals surface area contributed by atoms with E-state index in [1.807, 2.05) is 13.0 Å². The van der Waals surface area contributed by atoms with Crippen LogP contribution in [-0.4, -0.2) is 0 Å². The second kappa shape index (κ2) is 6.44. The summed E-state index contributed by atoms with van der Waals surface area (Å²) in [7, 11) is 0. The zero-order valence-electron chi connectivity index (χ0n) is 15.1. The second-order valence-corrected chi connectivity index (χ2v) is 7.52. The Bertz CT molecular complexity index is 1210. The Morgan fingerprint density at radius 3 is 2.33 bits per heavy atom. The molecule has 1 aliphatic rings. The largest absolute Gasteiger partial charge is 0.490 e. The minimum atomic E-state index is 0.0175. The van der Waals surface area contributed by atoms with Crippen molar-refractivity contribution in [3.05, 3.63) is 95.2 Å². The van der Waals surface area contributed by atoms with Crippen LogP contribution in [0.15, 0.2) is 84.6 Å². The van der Waals surface area contributed by atoms with Crippen LogP contribution in [0.5, 0.6) is 0 Å². The molecule has 0 fully saturated rings. The monoisotopic (exact) mass is 370 g/mol. The minimum Gasteiger partial charge on any atom is -0.490 e. The molecule has 4 aromatic rings. The van der Waals surface area contributed by atoms with Crippen molar-refractivity contribution in [2.45, 2.75) is 19.4 Å². The molecule has 1 aliphatic heterocycles. The summed E-state index contributed by atoms with van der Waals surface area (Å²) in [6.45, 7) is 2.01. The maximum absolute atomic E-state index is 6.36. The summed E-state index contributed by atoms with van der Waals surface area (Å²) in [6.07, 6.45) is 3.04. The van der Waals surface area contributed by atoms with Crippen LogP contribution >= 0.6 is 11.6 Å². The average molecular weight is 371 g/mol. The van der Waals surface area contributed by atoms with Gasteiger partial charge in [-0.15, -0.1) is 0 Å². The first-order valence-electron chi connectivity index (χ1n) is 9.24. The van der Waals surface area contributed by atoms with Gasteiger partial charge in [0, 0.05) is 17.0 Å². The third-order valence-corrected chi connectivity index (χ3v) is 5.60. The highest BCUT2D eigenvalue weighted by Crippen LogP contribution is 2.42. The van der Waals surface area contributed by atoms with Gasteiger partial charge in [-0.2, -0.15) is 0 Å². The normalized spacial score (nSPS) is 16.5. The van der Waals surface area contributed by atoms with Gasteiger partial charge in [-0.25, -0.2) is 0 Å². The molecule has 0 aromatic heterocycles. The highest BCUT2D eigenvalue weighted by Gasteiger charge is 2.23. The van der Waals surface area contributed by atoms with E-state index in [1.165, 1.54) is 32.7 Å². The standard InChI is InChI=1S/C25H19ClO/c1-16-10-13-25(27-16)24-15-18(26)11-12-22(24)23-14-17-6-2-3-7-19(17)20-8-4-5-9-21(20)23/h2-12,14-15,25H,13H2,1H3. The van der Waals surface area contributed by atoms with Gasteiger partial charge in [0.25, 0.3) is 0 Å². The second-order valence-electron chi connectivity index (χ2n) is 7.08. The Balaban J connectivity index is 1.81. The van der Waals surface area contributed by atoms with Crippen LogP contribution in [0, 0.1) is 0 Å². The van der Waals surface area contributed by atoms with Gasteiger partial charge in [-0.05, 0) is 63.9 Å². The van der Waals surface area contributed by atoms with E-state index in [-0.39, 0.29) is 6.10 Å². The predicted molar refractivity (Wildman–Crippen MR) is 114 cm³/mol. The topological polar surface area (TPSA) is 9.23 Å². The lowest BCUT2D eigenvalue weighted by Crippen LogP contribution is -2.00. The van der Waals surface area contributed by atoms with Gasteiger partial charge < -0.3 is 4.74 Å². The van der Waals surface area contributed by atoms with E-state index in [0.29, 0.717) is 0 Å². The number of fused-ring (bicyclic) bond motifs is 3. The highest BCUT2D eigenvalue weighted by atomic mass is 35.5. The van der Waals surface area contributed by atoms with Crippen molar-refractivity contribution in [3.63, 3.8) is 0 Å². The maximum atomic E-state index is 6.36. The molecule has 0 amide bonds. The number of halogens is 1. The van der Waals surface area contributed by atoms with Gasteiger partial charge in [-0.1, -0.05) is 66.2 Å². The molecule has 0 N–H and O–H groups in total. The van der Waals surface area contributed by atoms with Crippen molar-refractivity contribution in [3.8, 4) is 11.1 Å². The molecular formula is C25H19ClO. The molecule has 0 radical (unpaired) electrons. The molecule has 4 aromatic carbocycles. The lowest BCUT2D eigenvalue weighted by atomic mass is 9.89. The van der Waals surface area contributed by atoms with E-state index in [1.54, 1.807) is 0 Å². The number of benzene rings is 4. The molecule has 0 bridgehead atoms. The molecular weight excluding hydrogens is 352 g/mol. The first-order valence-corrected chi connectivity index (χ1v) is 9.62. The molecule has 1 atom stereocenters. The summed E-state index contributed by atoms with van der Waals surface area (Å²) in [4.78, 5) is 0. The van der Waals surface area contributed by atoms with Crippen molar-refractivity contribution in [1.29, 1.82) is 0 Å². The fourth-order valence-corrected chi connectivity index (χ4v) is 4.29. The van der Waals surface area contributed by atoms with Gasteiger partial charge >= 0.3 is 0 Å². The van der Waals surface area contributed by atoms with Crippen molar-refractivity contribution in [2.24, 2.45) is 0 Å². The van der Waals surface area contributed by atoms with Crippen LogP contribution in [0.2, 0.25) is 5.02 Å². The summed E-state index contributed by atoms with van der Waals surface area (Å²) >= 11 is 6.36. The van der Waals surface area contributed by atoms with Crippen LogP contribution in [0.3, 0.4) is 0 Å². The lowest BCUT2D eigenvalue weighted by Gasteiger charge is -2.19. The Labute approximate surface area is 163 Å². The summed E-state index contributed by atoms with van der Waals surface area (Å²) in [5.74, 6) is 0.981. The summed E-state index contributed by atoms with van der Waals surface area (Å²) in [5, 5.41) is 5.79. The summed E-state index contributed by atoms with van der Waals surface area (Å²) < 4.78 is 6.07. The van der Waals surface area contributed by atoms with Crippen molar-refractivity contribution >= 4 is 33.1 Å². The molecule has 1 nitrogen and oxygen atoms in total. The van der Waals surface area contributed by atoms with E-state index in [2.05, 4.69) is 72.8 Å². The molecule has 0 saturated carbocycles. The van der Waals surface area contributed by atoms with Crippen LogP contribution in [0.25, 0.3) is 32.7 Å². The van der Waals surface area contributed by atoms with E-state index >= 15 is 0 Å². The van der Waals surface area contributed by atoms with Crippen LogP contribution < -0.4 is 0 Å². The van der Waals surface area contributed by atoms with Crippen LogP contribution in [0.1, 0.15) is 25.0 Å². The molecule has 1 unspecified atom stereocenters. The lowest BCUT2D eigenvalue weighted by molar-refractivity contribution is 0.147. The Morgan fingerprint density at radius 1 is 0.815 bits per heavy atom. The molecule has 27 heavy (non-hydrogen) atoms. The summed E-state index contributed by atoms with van der Waals surface area (Å²) in [5.41, 5.74) is 3.56. The number of allylic oxidation sites excluding steroid dienone is 1. The minimum absolute atomic E-state index is 0.0175. The Kier molecular flexibility index (Phi) is 3.91. The van der Waals surface area contributed by atoms with Gasteiger partial charge in [0.2, 0.25) is 0 Å². The average Bonchev–Trinajstić information content (AvgIpc) is 3.14. The van der Waals surface area contributed by atoms with Gasteiger partial charge in [0.1, 0.15) is 6.10 Å². The Hall–Kier alpha value is -2.77. The molecule has 1 heterocycles. The van der Waals surface area contributed by atoms with E-state index in [9.17, 15) is 0 Å². The first kappa shape index (κ1) is 16.4. The van der Waals surface area contributed by atoms with E-state index in [4.69, 9.17) is 16.3 Å². The molecule has 0 saturated heterocycles. The quantitative estimate of drug-likeness (QED) is 0.329. The Morgan fingerprint density at radius 2 is 1.56 bits per heavy atom. The van der Waals surface area contributed by atoms with E-state index < -0.39 is 0 Å². The predicted octanol–water partition coefficient (Wildman–Crippen LogP) is 7.68. The SMILES string of the molecule is CC1=CCC(c2cc(Cl)ccc2-c2cc3ccccc3c3ccccc23)O1. The number of hydrogen-bond acceptors (Lipinski definition) is 1. The third kappa shape index (κ3) is 2.79. The number of hydrogen-bond donors (Lipinski definition) is 0. The fourth-order valence-electron chi connectivity index (χ4n) is 4.11. The summed E-state index contributed by atoms with van der Waals surface area (Å²) in [6, 6.07) is 25.6. The third-order valence-electron chi connectivity index (χ3n) is 5.37. The van der Waals surface area contributed by atoms with Gasteiger partial charge in [0.05, 0.1) is 5.76 Å². The van der Waals surface area contributed by atoms with Crippen LogP contribution in [-0.2, 0) is 4.74 Å². The zero-order valence-corrected chi connectivity index (χ0v) is 15.8. The molecule has 0 spiro atoms. The molecule has 2 heteroatoms. The maximum Gasteiger partial charge on any atom is 0.127 e. The molecule has 132 valence electrons. The number of rotatable bonds is 2. The van der Waals surface area contributed by atoms with Crippen molar-refractivity contribution in [1.82, 2.24) is 0 Å². The zero-order chi connectivity index (χ0) is 18.4. The van der Waals surface area contributed by atoms with Crippen molar-refractivity contribution < 1.29 is 4.74 Å².